The van der Waals surface area contributed by atoms with Crippen molar-refractivity contribution < 1.29 is 23.1 Å². The van der Waals surface area contributed by atoms with Crippen molar-refractivity contribution in [2.24, 2.45) is 0 Å². The molecule has 0 aromatic carbocycles. The van der Waals surface area contributed by atoms with Crippen LogP contribution in [0.3, 0.4) is 0 Å². The van der Waals surface area contributed by atoms with Gasteiger partial charge in [0, 0.05) is 6.07 Å². The third-order valence-corrected chi connectivity index (χ3v) is 1.91. The van der Waals surface area contributed by atoms with Crippen LogP contribution in [0.25, 0.3) is 0 Å². The van der Waals surface area contributed by atoms with Crippen molar-refractivity contribution in [3.8, 4) is 0 Å². The highest BCUT2D eigenvalue weighted by atomic mass is 35.5. The molecule has 1 heterocycles. The van der Waals surface area contributed by atoms with Crippen LogP contribution in [0.15, 0.2) is 6.07 Å². The van der Waals surface area contributed by atoms with E-state index in [1.54, 1.807) is 0 Å². The van der Waals surface area contributed by atoms with Crippen LogP contribution in [0.4, 0.5) is 13.2 Å². The summed E-state index contributed by atoms with van der Waals surface area (Å²) in [7, 11) is 0. The van der Waals surface area contributed by atoms with Crippen LogP contribution < -0.4 is 0 Å². The van der Waals surface area contributed by atoms with Crippen LogP contribution in [0, 0.1) is 5.95 Å². The fourth-order valence-electron chi connectivity index (χ4n) is 1.05. The van der Waals surface area contributed by atoms with Crippen molar-refractivity contribution in [1.29, 1.82) is 0 Å². The average Bonchev–Trinajstić information content (AvgIpc) is 1.99. The number of hydrogen-bond donors (Lipinski definition) is 1. The van der Waals surface area contributed by atoms with Crippen molar-refractivity contribution in [1.82, 2.24) is 4.98 Å². The molecule has 1 aromatic heterocycles. The molecule has 0 spiro atoms. The lowest BCUT2D eigenvalue weighted by Crippen LogP contribution is -2.08. The Hall–Kier alpha value is -1.30. The van der Waals surface area contributed by atoms with Crippen molar-refractivity contribution >= 4 is 17.6 Å². The molecule has 0 amide bonds. The maximum absolute atomic E-state index is 12.7. The van der Waals surface area contributed by atoms with Crippen molar-refractivity contribution in [3.63, 3.8) is 0 Å². The van der Waals surface area contributed by atoms with E-state index in [1.807, 2.05) is 0 Å². The molecule has 0 unspecified atom stereocenters. The van der Waals surface area contributed by atoms with Crippen LogP contribution in [0.5, 0.6) is 0 Å². The molecular formula is C8H5ClF3NO2. The van der Waals surface area contributed by atoms with Gasteiger partial charge in [-0.25, -0.2) is 13.8 Å². The van der Waals surface area contributed by atoms with Gasteiger partial charge in [0.25, 0.3) is 6.43 Å². The molecular weight excluding hydrogens is 235 g/mol. The number of halogens is 4. The summed E-state index contributed by atoms with van der Waals surface area (Å²) in [5.74, 6) is -2.47. The van der Waals surface area contributed by atoms with E-state index < -0.39 is 41.0 Å². The van der Waals surface area contributed by atoms with Gasteiger partial charge in [0.05, 0.1) is 22.7 Å². The van der Waals surface area contributed by atoms with Gasteiger partial charge in [0.15, 0.2) is 0 Å². The number of pyridine rings is 1. The van der Waals surface area contributed by atoms with E-state index in [4.69, 9.17) is 16.7 Å². The predicted molar refractivity (Wildman–Crippen MR) is 45.5 cm³/mol. The minimum atomic E-state index is -2.99. The third kappa shape index (κ3) is 2.82. The number of aliphatic carboxylic acids is 1. The first-order chi connectivity index (χ1) is 6.91. The molecule has 0 radical (unpaired) electrons. The van der Waals surface area contributed by atoms with E-state index in [0.717, 1.165) is 0 Å². The second-order valence-corrected chi connectivity index (χ2v) is 3.07. The summed E-state index contributed by atoms with van der Waals surface area (Å²) in [5.41, 5.74) is -1.29. The molecule has 7 heteroatoms. The molecule has 1 aromatic rings. The molecule has 82 valence electrons. The van der Waals surface area contributed by atoms with E-state index in [1.165, 1.54) is 0 Å². The zero-order valence-corrected chi connectivity index (χ0v) is 7.93. The Kier molecular flexibility index (Phi) is 3.52. The second kappa shape index (κ2) is 4.48. The highest BCUT2D eigenvalue weighted by Gasteiger charge is 2.21. The molecule has 1 rings (SSSR count). The minimum absolute atomic E-state index is 0.520. The summed E-state index contributed by atoms with van der Waals surface area (Å²) in [6, 6.07) is 0.619. The third-order valence-electron chi connectivity index (χ3n) is 1.59. The summed E-state index contributed by atoms with van der Waals surface area (Å²) >= 11 is 5.36. The first-order valence-corrected chi connectivity index (χ1v) is 4.14. The standard InChI is InChI=1S/C8H5ClF3NO2/c9-3-1-5(10)13-4(2-6(14)15)7(3)8(11)12/h1,8H,2H2,(H,14,15). The second-order valence-electron chi connectivity index (χ2n) is 2.66. The number of rotatable bonds is 3. The Labute approximate surface area is 87.5 Å². The van der Waals surface area contributed by atoms with Gasteiger partial charge < -0.3 is 5.11 Å². The number of hydrogen-bond acceptors (Lipinski definition) is 2. The maximum atomic E-state index is 12.7. The van der Waals surface area contributed by atoms with Crippen LogP contribution >= 0.6 is 11.6 Å². The minimum Gasteiger partial charge on any atom is -0.481 e. The molecule has 0 bridgehead atoms. The number of nitrogens with zero attached hydrogens (tertiary/aromatic N) is 1. The number of carboxylic acid groups (broad SMARTS) is 1. The van der Waals surface area contributed by atoms with E-state index >= 15 is 0 Å². The van der Waals surface area contributed by atoms with Gasteiger partial charge in [-0.2, -0.15) is 4.39 Å². The van der Waals surface area contributed by atoms with Crippen molar-refractivity contribution in [2.45, 2.75) is 12.8 Å². The number of alkyl halides is 2. The molecule has 1 N–H and O–H groups in total. The van der Waals surface area contributed by atoms with Gasteiger partial charge in [-0.1, -0.05) is 11.6 Å². The van der Waals surface area contributed by atoms with Crippen LogP contribution in [-0.2, 0) is 11.2 Å². The SMILES string of the molecule is O=C(O)Cc1nc(F)cc(Cl)c1C(F)F. The largest absolute Gasteiger partial charge is 0.481 e. The Morgan fingerprint density at radius 3 is 2.67 bits per heavy atom. The quantitative estimate of drug-likeness (QED) is 0.824. The first kappa shape index (κ1) is 11.8. The number of carbonyl (C=O) groups is 1. The van der Waals surface area contributed by atoms with Gasteiger partial charge >= 0.3 is 5.97 Å². The fourth-order valence-corrected chi connectivity index (χ4v) is 1.33. The molecule has 0 aliphatic rings. The Morgan fingerprint density at radius 2 is 2.20 bits per heavy atom. The van der Waals surface area contributed by atoms with Crippen LogP contribution in [-0.4, -0.2) is 16.1 Å². The molecule has 15 heavy (non-hydrogen) atoms. The lowest BCUT2D eigenvalue weighted by atomic mass is 10.1. The molecule has 0 aliphatic carbocycles. The summed E-state index contributed by atoms with van der Waals surface area (Å²) in [6.07, 6.45) is -3.78. The zero-order chi connectivity index (χ0) is 11.6. The summed E-state index contributed by atoms with van der Waals surface area (Å²) in [4.78, 5) is 13.4. The Morgan fingerprint density at radius 1 is 1.60 bits per heavy atom. The van der Waals surface area contributed by atoms with E-state index in [-0.39, 0.29) is 0 Å². The number of carboxylic acids is 1. The van der Waals surface area contributed by atoms with Gasteiger partial charge in [-0.15, -0.1) is 0 Å². The lowest BCUT2D eigenvalue weighted by Gasteiger charge is -2.07. The van der Waals surface area contributed by atoms with E-state index in [2.05, 4.69) is 4.98 Å². The van der Waals surface area contributed by atoms with Gasteiger partial charge in [0.1, 0.15) is 0 Å². The average molecular weight is 240 g/mol. The van der Waals surface area contributed by atoms with Gasteiger partial charge in [0.2, 0.25) is 5.95 Å². The maximum Gasteiger partial charge on any atom is 0.309 e. The predicted octanol–water partition coefficient (Wildman–Crippen LogP) is 2.44. The molecule has 3 nitrogen and oxygen atoms in total. The summed E-state index contributed by atoms with van der Waals surface area (Å²) < 4.78 is 37.5. The van der Waals surface area contributed by atoms with Crippen molar-refractivity contribution in [2.75, 3.05) is 0 Å². The van der Waals surface area contributed by atoms with Crippen LogP contribution in [0.2, 0.25) is 5.02 Å². The Bertz CT molecular complexity index is 398. The molecule has 0 saturated heterocycles. The topological polar surface area (TPSA) is 50.2 Å². The lowest BCUT2D eigenvalue weighted by molar-refractivity contribution is -0.136. The van der Waals surface area contributed by atoms with E-state index in [9.17, 15) is 18.0 Å². The fraction of sp³-hybridized carbons (Fsp3) is 0.250. The highest BCUT2D eigenvalue weighted by Crippen LogP contribution is 2.30. The smallest absolute Gasteiger partial charge is 0.309 e. The van der Waals surface area contributed by atoms with E-state index in [0.29, 0.717) is 6.07 Å². The first-order valence-electron chi connectivity index (χ1n) is 3.76. The summed E-state index contributed by atoms with van der Waals surface area (Å²) in [6.45, 7) is 0. The van der Waals surface area contributed by atoms with Gasteiger partial charge in [-0.05, 0) is 0 Å². The monoisotopic (exact) mass is 239 g/mol. The molecule has 0 aliphatic heterocycles. The number of aromatic nitrogens is 1. The molecule has 0 atom stereocenters. The Balaban J connectivity index is 3.26. The molecule has 0 fully saturated rings. The van der Waals surface area contributed by atoms with Crippen molar-refractivity contribution in [3.05, 3.63) is 28.3 Å². The van der Waals surface area contributed by atoms with Gasteiger partial charge in [-0.3, -0.25) is 4.79 Å². The van der Waals surface area contributed by atoms with Crippen LogP contribution in [0.1, 0.15) is 17.7 Å². The highest BCUT2D eigenvalue weighted by molar-refractivity contribution is 6.31. The zero-order valence-electron chi connectivity index (χ0n) is 7.18. The summed E-state index contributed by atoms with van der Waals surface area (Å²) in [5, 5.41) is 7.88. The molecule has 0 saturated carbocycles. The normalized spacial score (nSPS) is 10.7.